The second-order valence-electron chi connectivity index (χ2n) is 7.82. The number of hydrogen-bond donors (Lipinski definition) is 1. The van der Waals surface area contributed by atoms with Crippen LogP contribution in [0.25, 0.3) is 0 Å². The monoisotopic (exact) mass is 428 g/mol. The molecule has 1 saturated carbocycles. The first-order valence-corrected chi connectivity index (χ1v) is 11.6. The molecule has 0 radical (unpaired) electrons. The van der Waals surface area contributed by atoms with Gasteiger partial charge in [-0.2, -0.15) is 0 Å². The van der Waals surface area contributed by atoms with Crippen molar-refractivity contribution in [3.63, 3.8) is 0 Å². The summed E-state index contributed by atoms with van der Waals surface area (Å²) in [6, 6.07) is 11.0. The third-order valence-electron chi connectivity index (χ3n) is 5.74. The first kappa shape index (κ1) is 20.7. The van der Waals surface area contributed by atoms with Gasteiger partial charge in [-0.05, 0) is 42.8 Å². The van der Waals surface area contributed by atoms with Crippen LogP contribution in [0.5, 0.6) is 11.5 Å². The van der Waals surface area contributed by atoms with Crippen molar-refractivity contribution in [1.82, 2.24) is 10.2 Å². The topological polar surface area (TPSA) is 67.9 Å². The predicted octanol–water partition coefficient (Wildman–Crippen LogP) is 3.75. The molecule has 2 aromatic rings. The van der Waals surface area contributed by atoms with E-state index in [4.69, 9.17) is 9.47 Å². The fraction of sp³-hybridized carbons (Fsp3) is 0.478. The molecule has 2 heterocycles. The molecule has 1 aliphatic carbocycles. The molecule has 1 aromatic heterocycles. The highest BCUT2D eigenvalue weighted by molar-refractivity contribution is 7.09. The molecule has 160 valence electrons. The van der Waals surface area contributed by atoms with Crippen LogP contribution in [0.2, 0.25) is 0 Å². The van der Waals surface area contributed by atoms with Gasteiger partial charge in [0.05, 0.1) is 6.54 Å². The zero-order valence-electron chi connectivity index (χ0n) is 17.2. The Morgan fingerprint density at radius 1 is 1.17 bits per heavy atom. The van der Waals surface area contributed by atoms with E-state index in [9.17, 15) is 9.59 Å². The molecule has 4 rings (SSSR count). The number of carbonyl (C=O) groups is 2. The molecule has 2 amide bonds. The molecule has 1 fully saturated rings. The maximum atomic E-state index is 13.5. The smallest absolute Gasteiger partial charge is 0.268 e. The molecule has 0 spiro atoms. The molecule has 1 aromatic carbocycles. The van der Waals surface area contributed by atoms with Crippen molar-refractivity contribution in [2.45, 2.75) is 63.8 Å². The SMILES string of the molecule is CCC(C(=O)NC1CCCC1)N(Cc1cccs1)C(=O)C1COc2ccccc2O1. The number of ether oxygens (including phenoxy) is 2. The molecular formula is C23H28N2O4S. The zero-order chi connectivity index (χ0) is 20.9. The molecule has 1 aliphatic heterocycles. The Morgan fingerprint density at radius 3 is 2.63 bits per heavy atom. The molecule has 1 N–H and O–H groups in total. The van der Waals surface area contributed by atoms with Gasteiger partial charge in [-0.1, -0.05) is 38.0 Å². The lowest BCUT2D eigenvalue weighted by atomic mass is 10.1. The Hall–Kier alpha value is -2.54. The minimum atomic E-state index is -0.770. The van der Waals surface area contributed by atoms with Crippen LogP contribution in [0, 0.1) is 0 Å². The second-order valence-corrected chi connectivity index (χ2v) is 8.86. The molecule has 0 bridgehead atoms. The van der Waals surface area contributed by atoms with Gasteiger partial charge in [-0.25, -0.2) is 0 Å². The molecular weight excluding hydrogens is 400 g/mol. The van der Waals surface area contributed by atoms with Gasteiger partial charge < -0.3 is 19.7 Å². The summed E-state index contributed by atoms with van der Waals surface area (Å²) < 4.78 is 11.7. The van der Waals surface area contributed by atoms with Crippen LogP contribution in [0.3, 0.4) is 0 Å². The predicted molar refractivity (Wildman–Crippen MR) is 116 cm³/mol. The highest BCUT2D eigenvalue weighted by atomic mass is 32.1. The van der Waals surface area contributed by atoms with Crippen molar-refractivity contribution >= 4 is 23.2 Å². The number of thiophene rings is 1. The van der Waals surface area contributed by atoms with Crippen LogP contribution in [0.1, 0.15) is 43.9 Å². The van der Waals surface area contributed by atoms with Crippen molar-refractivity contribution in [3.8, 4) is 11.5 Å². The third-order valence-corrected chi connectivity index (χ3v) is 6.60. The molecule has 0 saturated heterocycles. The number of amides is 2. The van der Waals surface area contributed by atoms with Gasteiger partial charge in [0.2, 0.25) is 12.0 Å². The number of para-hydroxylation sites is 2. The fourth-order valence-electron chi connectivity index (χ4n) is 4.15. The Kier molecular flexibility index (Phi) is 6.57. The van der Waals surface area contributed by atoms with E-state index in [0.717, 1.165) is 30.6 Å². The van der Waals surface area contributed by atoms with Crippen LogP contribution in [-0.2, 0) is 16.1 Å². The Bertz CT molecular complexity index is 864. The van der Waals surface area contributed by atoms with E-state index < -0.39 is 12.1 Å². The molecule has 2 unspecified atom stereocenters. The number of fused-ring (bicyclic) bond motifs is 1. The second kappa shape index (κ2) is 9.51. The molecule has 2 aliphatic rings. The van der Waals surface area contributed by atoms with Crippen LogP contribution in [0.15, 0.2) is 41.8 Å². The standard InChI is InChI=1S/C23H28N2O4S/c1-2-18(22(26)24-16-8-3-4-9-16)25(14-17-10-7-13-30-17)23(27)21-15-28-19-11-5-6-12-20(19)29-21/h5-7,10-13,16,18,21H,2-4,8-9,14-15H2,1H3,(H,24,26). The zero-order valence-corrected chi connectivity index (χ0v) is 18.0. The van der Waals surface area contributed by atoms with Crippen molar-refractivity contribution in [2.24, 2.45) is 0 Å². The largest absolute Gasteiger partial charge is 0.485 e. The van der Waals surface area contributed by atoms with Crippen LogP contribution in [-0.4, -0.2) is 41.5 Å². The number of hydrogen-bond acceptors (Lipinski definition) is 5. The van der Waals surface area contributed by atoms with E-state index in [1.807, 2.05) is 42.6 Å². The molecule has 6 nitrogen and oxygen atoms in total. The highest BCUT2D eigenvalue weighted by Gasteiger charge is 2.37. The van der Waals surface area contributed by atoms with Gasteiger partial charge in [0.15, 0.2) is 11.5 Å². The van der Waals surface area contributed by atoms with Gasteiger partial charge in [-0.15, -0.1) is 11.3 Å². The quantitative estimate of drug-likeness (QED) is 0.729. The Morgan fingerprint density at radius 2 is 1.93 bits per heavy atom. The first-order valence-electron chi connectivity index (χ1n) is 10.7. The average Bonchev–Trinajstić information content (AvgIpc) is 3.47. The maximum Gasteiger partial charge on any atom is 0.268 e. The van der Waals surface area contributed by atoms with E-state index in [2.05, 4.69) is 5.32 Å². The summed E-state index contributed by atoms with van der Waals surface area (Å²) in [7, 11) is 0. The number of nitrogens with zero attached hydrogens (tertiary/aromatic N) is 1. The van der Waals surface area contributed by atoms with Crippen molar-refractivity contribution in [2.75, 3.05) is 6.61 Å². The fourth-order valence-corrected chi connectivity index (χ4v) is 4.86. The van der Waals surface area contributed by atoms with Crippen LogP contribution >= 0.6 is 11.3 Å². The van der Waals surface area contributed by atoms with E-state index >= 15 is 0 Å². The van der Waals surface area contributed by atoms with Gasteiger partial charge in [0.1, 0.15) is 12.6 Å². The van der Waals surface area contributed by atoms with Crippen molar-refractivity contribution in [1.29, 1.82) is 0 Å². The maximum absolute atomic E-state index is 13.5. The molecule has 30 heavy (non-hydrogen) atoms. The van der Waals surface area contributed by atoms with Gasteiger partial charge >= 0.3 is 0 Å². The lowest BCUT2D eigenvalue weighted by Gasteiger charge is -2.35. The summed E-state index contributed by atoms with van der Waals surface area (Å²) in [6.07, 6.45) is 4.08. The Labute approximate surface area is 181 Å². The minimum absolute atomic E-state index is 0.0774. The normalized spacial score (nSPS) is 19.3. The number of rotatable bonds is 7. The van der Waals surface area contributed by atoms with Crippen LogP contribution < -0.4 is 14.8 Å². The molecule has 2 atom stereocenters. The van der Waals surface area contributed by atoms with Gasteiger partial charge in [-0.3, -0.25) is 9.59 Å². The lowest BCUT2D eigenvalue weighted by molar-refractivity contribution is -0.149. The third kappa shape index (κ3) is 4.61. The first-order chi connectivity index (χ1) is 14.7. The van der Waals surface area contributed by atoms with E-state index in [1.165, 1.54) is 0 Å². The van der Waals surface area contributed by atoms with Gasteiger partial charge in [0, 0.05) is 10.9 Å². The number of benzene rings is 1. The Balaban J connectivity index is 1.53. The van der Waals surface area contributed by atoms with Gasteiger partial charge in [0.25, 0.3) is 5.91 Å². The average molecular weight is 429 g/mol. The number of nitrogens with one attached hydrogen (secondary N) is 1. The van der Waals surface area contributed by atoms with Crippen molar-refractivity contribution < 1.29 is 19.1 Å². The van der Waals surface area contributed by atoms with Crippen molar-refractivity contribution in [3.05, 3.63) is 46.7 Å². The minimum Gasteiger partial charge on any atom is -0.485 e. The van der Waals surface area contributed by atoms with E-state index in [0.29, 0.717) is 24.5 Å². The number of carbonyl (C=O) groups excluding carboxylic acids is 2. The summed E-state index contributed by atoms with van der Waals surface area (Å²) >= 11 is 1.58. The summed E-state index contributed by atoms with van der Waals surface area (Å²) in [5.41, 5.74) is 0. The summed E-state index contributed by atoms with van der Waals surface area (Å²) in [4.78, 5) is 29.3. The summed E-state index contributed by atoms with van der Waals surface area (Å²) in [5, 5.41) is 5.14. The molecule has 7 heteroatoms. The van der Waals surface area contributed by atoms with E-state index in [1.54, 1.807) is 22.3 Å². The highest BCUT2D eigenvalue weighted by Crippen LogP contribution is 2.32. The van der Waals surface area contributed by atoms with E-state index in [-0.39, 0.29) is 24.5 Å². The lowest BCUT2D eigenvalue weighted by Crippen LogP contribution is -2.55. The van der Waals surface area contributed by atoms with Crippen LogP contribution in [0.4, 0.5) is 0 Å². The summed E-state index contributed by atoms with van der Waals surface area (Å²) in [5.74, 6) is 0.900. The summed E-state index contributed by atoms with van der Waals surface area (Å²) in [6.45, 7) is 2.47.